The van der Waals surface area contributed by atoms with Gasteiger partial charge < -0.3 is 28.6 Å². The summed E-state index contributed by atoms with van der Waals surface area (Å²) < 4.78 is 31.3. The van der Waals surface area contributed by atoms with Crippen molar-refractivity contribution in [1.82, 2.24) is 4.90 Å². The molecule has 0 aromatic rings. The van der Waals surface area contributed by atoms with Gasteiger partial charge >= 0.3 is 6.09 Å². The lowest BCUT2D eigenvalue weighted by Crippen LogP contribution is -2.56. The summed E-state index contributed by atoms with van der Waals surface area (Å²) in [5.74, 6) is 2.97. The first-order chi connectivity index (χ1) is 21.1. The van der Waals surface area contributed by atoms with E-state index in [2.05, 4.69) is 34.3 Å². The lowest BCUT2D eigenvalue weighted by molar-refractivity contribution is -0.243. The van der Waals surface area contributed by atoms with Crippen molar-refractivity contribution in [3.63, 3.8) is 0 Å². The van der Waals surface area contributed by atoms with Crippen LogP contribution in [0, 0.1) is 45.3 Å². The molecular formula is C38H61NO6. The van der Waals surface area contributed by atoms with Gasteiger partial charge in [-0.2, -0.15) is 0 Å². The largest absolute Gasteiger partial charge is 0.444 e. The Kier molecular flexibility index (Phi) is 7.87. The third kappa shape index (κ3) is 4.98. The van der Waals surface area contributed by atoms with Crippen LogP contribution in [0.1, 0.15) is 113 Å². The van der Waals surface area contributed by atoms with Crippen molar-refractivity contribution in [3.05, 3.63) is 12.2 Å². The van der Waals surface area contributed by atoms with E-state index in [9.17, 15) is 4.79 Å². The molecule has 0 bridgehead atoms. The maximum atomic E-state index is 12.8. The van der Waals surface area contributed by atoms with Crippen LogP contribution in [0.3, 0.4) is 0 Å². The zero-order valence-electron chi connectivity index (χ0n) is 29.5. The fraction of sp³-hybridized carbons (Fsp3) is 0.921. The van der Waals surface area contributed by atoms with E-state index < -0.39 is 11.9 Å². The number of nitrogens with zero attached hydrogens (tertiary/aromatic N) is 1. The van der Waals surface area contributed by atoms with E-state index in [0.717, 1.165) is 30.3 Å². The van der Waals surface area contributed by atoms with E-state index in [4.69, 9.17) is 23.7 Å². The topological polar surface area (TPSA) is 66.5 Å². The van der Waals surface area contributed by atoms with Gasteiger partial charge in [-0.05, 0) is 143 Å². The fourth-order valence-electron chi connectivity index (χ4n) is 12.8. The van der Waals surface area contributed by atoms with Crippen LogP contribution in [0.5, 0.6) is 0 Å². The highest BCUT2D eigenvalue weighted by Crippen LogP contribution is 2.87. The summed E-state index contributed by atoms with van der Waals surface area (Å²) in [5, 5.41) is 0. The molecule has 12 unspecified atom stereocenters. The Morgan fingerprint density at radius 3 is 2.44 bits per heavy atom. The number of rotatable bonds is 5. The molecule has 12 atom stereocenters. The van der Waals surface area contributed by atoms with Crippen molar-refractivity contribution in [3.8, 4) is 0 Å². The lowest BCUT2D eigenvalue weighted by Gasteiger charge is -2.60. The molecule has 7 rings (SSSR count). The van der Waals surface area contributed by atoms with E-state index in [0.29, 0.717) is 53.9 Å². The highest BCUT2D eigenvalue weighted by atomic mass is 16.7. The van der Waals surface area contributed by atoms with Crippen molar-refractivity contribution in [2.75, 3.05) is 26.8 Å². The van der Waals surface area contributed by atoms with E-state index >= 15 is 0 Å². The van der Waals surface area contributed by atoms with Crippen molar-refractivity contribution >= 4 is 6.09 Å². The molecule has 1 amide bonds. The molecule has 2 spiro atoms. The number of ether oxygens (including phenoxy) is 5. The Balaban J connectivity index is 1.03. The lowest BCUT2D eigenvalue weighted by atomic mass is 9.46. The van der Waals surface area contributed by atoms with Crippen molar-refractivity contribution < 1.29 is 28.5 Å². The first kappa shape index (κ1) is 32.4. The summed E-state index contributed by atoms with van der Waals surface area (Å²) in [6.07, 6.45) is 12.8. The Hall–Kier alpha value is -1.15. The minimum absolute atomic E-state index is 0.00824. The summed E-state index contributed by atoms with van der Waals surface area (Å²) >= 11 is 0. The minimum Gasteiger partial charge on any atom is -0.444 e. The highest BCUT2D eigenvalue weighted by Gasteiger charge is 2.80. The van der Waals surface area contributed by atoms with Crippen molar-refractivity contribution in [2.45, 2.75) is 149 Å². The van der Waals surface area contributed by atoms with E-state index in [-0.39, 0.29) is 29.8 Å². The van der Waals surface area contributed by atoms with Crippen LogP contribution in [-0.4, -0.2) is 74.1 Å². The second-order valence-corrected chi connectivity index (χ2v) is 18.2. The van der Waals surface area contributed by atoms with Gasteiger partial charge in [0.2, 0.25) is 0 Å². The third-order valence-corrected chi connectivity index (χ3v) is 14.6. The van der Waals surface area contributed by atoms with Crippen molar-refractivity contribution in [2.24, 2.45) is 45.3 Å². The molecule has 5 saturated carbocycles. The normalized spacial score (nSPS) is 47.3. The molecule has 45 heavy (non-hydrogen) atoms. The first-order valence-electron chi connectivity index (χ1n) is 18.2. The summed E-state index contributed by atoms with van der Waals surface area (Å²) in [7, 11) is 1.81. The van der Waals surface area contributed by atoms with Gasteiger partial charge in [0.15, 0.2) is 6.29 Å². The number of methoxy groups -OCH3 is 1. The van der Waals surface area contributed by atoms with Gasteiger partial charge in [-0.15, -0.1) is 0 Å². The van der Waals surface area contributed by atoms with Gasteiger partial charge in [-0.25, -0.2) is 4.79 Å². The summed E-state index contributed by atoms with van der Waals surface area (Å²) in [4.78, 5) is 14.6. The van der Waals surface area contributed by atoms with E-state index in [1.807, 2.05) is 20.8 Å². The molecule has 0 aromatic heterocycles. The highest BCUT2D eigenvalue weighted by molar-refractivity contribution is 5.68. The van der Waals surface area contributed by atoms with Gasteiger partial charge in [0.05, 0.1) is 31.5 Å². The van der Waals surface area contributed by atoms with Crippen LogP contribution < -0.4 is 0 Å². The Labute approximate surface area is 272 Å². The minimum atomic E-state index is -0.509. The van der Waals surface area contributed by atoms with Gasteiger partial charge in [-0.3, -0.25) is 0 Å². The molecule has 0 N–H and O–H groups in total. The summed E-state index contributed by atoms with van der Waals surface area (Å²) in [6, 6.07) is 0. The van der Waals surface area contributed by atoms with Crippen LogP contribution in [0.4, 0.5) is 4.79 Å². The monoisotopic (exact) mass is 627 g/mol. The van der Waals surface area contributed by atoms with Gasteiger partial charge in [0.1, 0.15) is 11.7 Å². The summed E-state index contributed by atoms with van der Waals surface area (Å²) in [6.45, 7) is 21.1. The fourth-order valence-corrected chi connectivity index (χ4v) is 12.8. The van der Waals surface area contributed by atoms with Gasteiger partial charge in [0, 0.05) is 13.7 Å². The quantitative estimate of drug-likeness (QED) is 0.290. The van der Waals surface area contributed by atoms with Gasteiger partial charge in [0.25, 0.3) is 0 Å². The predicted molar refractivity (Wildman–Crippen MR) is 174 cm³/mol. The molecule has 7 nitrogen and oxygen atoms in total. The molecule has 0 radical (unpaired) electrons. The molecule has 7 fully saturated rings. The Morgan fingerprint density at radius 2 is 1.73 bits per heavy atom. The number of fused-ring (bicyclic) bond motifs is 4. The van der Waals surface area contributed by atoms with Crippen LogP contribution in [0.25, 0.3) is 0 Å². The number of carbonyl (C=O) groups is 1. The maximum Gasteiger partial charge on any atom is 0.410 e. The van der Waals surface area contributed by atoms with Crippen LogP contribution >= 0.6 is 0 Å². The molecule has 5 aliphatic carbocycles. The van der Waals surface area contributed by atoms with Crippen LogP contribution in [-0.2, 0) is 23.7 Å². The SMILES string of the molecule is C=C(C)C(OC)C1CCC2C(CC3C4CCC5C(C)(C)C(OC6CN(C(=O)OC(C)(C)C)CCO6)CCC56CC46CCC23C)O1. The predicted octanol–water partition coefficient (Wildman–Crippen LogP) is 7.76. The number of carbonyl (C=O) groups excluding carboxylic acids is 1. The molecule has 254 valence electrons. The number of amides is 1. The number of hydrogen-bond acceptors (Lipinski definition) is 6. The second kappa shape index (κ2) is 10.9. The smallest absolute Gasteiger partial charge is 0.410 e. The zero-order valence-corrected chi connectivity index (χ0v) is 29.5. The van der Waals surface area contributed by atoms with Crippen LogP contribution in [0.2, 0.25) is 0 Å². The molecule has 0 aromatic carbocycles. The average Bonchev–Trinajstić information content (AvgIpc) is 3.54. The standard InChI is InChI=1S/C38H61NO6/c1-23(2)32(41-9)27-12-10-25-28(43-27)20-26-24-11-13-29-35(6,7)30(14-15-38(29)22-37(24,38)17-16-36(25,26)8)44-31-21-39(18-19-42-31)33(40)45-34(3,4)5/h24-32H,1,10-22H2,2-9H3. The maximum absolute atomic E-state index is 12.8. The number of hydrogen-bond donors (Lipinski definition) is 0. The Bertz CT molecular complexity index is 1180. The van der Waals surface area contributed by atoms with Crippen LogP contribution in [0.15, 0.2) is 12.2 Å². The summed E-state index contributed by atoms with van der Waals surface area (Å²) in [5.41, 5.74) is 2.03. The average molecular weight is 628 g/mol. The molecule has 2 heterocycles. The zero-order chi connectivity index (χ0) is 32.2. The molecule has 2 saturated heterocycles. The first-order valence-corrected chi connectivity index (χ1v) is 18.2. The number of morpholine rings is 1. The Morgan fingerprint density at radius 1 is 0.978 bits per heavy atom. The van der Waals surface area contributed by atoms with Gasteiger partial charge in [-0.1, -0.05) is 27.4 Å². The van der Waals surface area contributed by atoms with E-state index in [1.54, 1.807) is 12.0 Å². The molecule has 2 aliphatic heterocycles. The molecule has 7 heteroatoms. The van der Waals surface area contributed by atoms with E-state index in [1.165, 1.54) is 51.4 Å². The molecule has 7 aliphatic rings. The third-order valence-electron chi connectivity index (χ3n) is 14.6. The second-order valence-electron chi connectivity index (χ2n) is 18.2. The van der Waals surface area contributed by atoms with Crippen molar-refractivity contribution in [1.29, 1.82) is 0 Å². The molecular weight excluding hydrogens is 566 g/mol.